The zero-order valence-corrected chi connectivity index (χ0v) is 23.6. The SMILES string of the molecule is CC(=O)NC1CCC(n2c(NC(=O)c3cccc(F)c3)nc3ccc(CN4CCC(C(C)(C)O)CC4)cc32)CC1. The first-order valence-corrected chi connectivity index (χ1v) is 14.4. The second-order valence-electron chi connectivity index (χ2n) is 12.0. The molecule has 5 rings (SSSR count). The van der Waals surface area contributed by atoms with Crippen molar-refractivity contribution in [2.75, 3.05) is 18.4 Å². The number of hydrogen-bond donors (Lipinski definition) is 3. The summed E-state index contributed by atoms with van der Waals surface area (Å²) in [6.07, 6.45) is 5.31. The molecule has 9 heteroatoms. The standard InChI is InChI=1S/C31H40FN5O3/c1-20(38)33-25-8-10-26(11-9-25)37-28-17-21(19-36-15-13-23(14-16-36)31(2,3)40)7-12-27(28)34-30(37)35-29(39)22-5-4-6-24(32)18-22/h4-7,12,17-18,23,25-26,40H,8-11,13-16,19H2,1-3H3,(H,33,38)(H,34,35,39). The van der Waals surface area contributed by atoms with Crippen LogP contribution >= 0.6 is 0 Å². The van der Waals surface area contributed by atoms with Crippen LogP contribution < -0.4 is 10.6 Å². The third-order valence-corrected chi connectivity index (χ3v) is 8.53. The molecule has 3 aromatic rings. The zero-order valence-electron chi connectivity index (χ0n) is 23.6. The predicted octanol–water partition coefficient (Wildman–Crippen LogP) is 5.03. The van der Waals surface area contributed by atoms with Crippen molar-refractivity contribution >= 4 is 28.8 Å². The number of piperidine rings is 1. The number of imidazole rings is 1. The fraction of sp³-hybridized carbons (Fsp3) is 0.516. The minimum Gasteiger partial charge on any atom is -0.390 e. The fourth-order valence-electron chi connectivity index (χ4n) is 6.32. The Morgan fingerprint density at radius 1 is 1.05 bits per heavy atom. The Bertz CT molecular complexity index is 1370. The molecule has 2 amide bonds. The molecule has 2 aromatic carbocycles. The molecular weight excluding hydrogens is 509 g/mol. The Labute approximate surface area is 235 Å². The third kappa shape index (κ3) is 6.53. The molecule has 0 atom stereocenters. The van der Waals surface area contributed by atoms with Gasteiger partial charge in [-0.1, -0.05) is 12.1 Å². The molecule has 214 valence electrons. The second-order valence-corrected chi connectivity index (χ2v) is 12.0. The summed E-state index contributed by atoms with van der Waals surface area (Å²) in [5.41, 5.74) is 2.51. The van der Waals surface area contributed by atoms with Crippen LogP contribution in [0.2, 0.25) is 0 Å². The number of nitrogens with one attached hydrogen (secondary N) is 2. The molecule has 1 saturated heterocycles. The lowest BCUT2D eigenvalue weighted by Crippen LogP contribution is -2.41. The number of carbonyl (C=O) groups excluding carboxylic acids is 2. The maximum atomic E-state index is 13.8. The van der Waals surface area contributed by atoms with E-state index in [1.807, 2.05) is 19.9 Å². The van der Waals surface area contributed by atoms with E-state index in [0.717, 1.165) is 69.2 Å². The van der Waals surface area contributed by atoms with Gasteiger partial charge >= 0.3 is 0 Å². The molecule has 2 aliphatic rings. The van der Waals surface area contributed by atoms with Gasteiger partial charge in [-0.2, -0.15) is 0 Å². The van der Waals surface area contributed by atoms with Gasteiger partial charge in [0.25, 0.3) is 5.91 Å². The molecule has 3 N–H and O–H groups in total. The van der Waals surface area contributed by atoms with Crippen LogP contribution in [0.1, 0.15) is 81.3 Å². The molecule has 0 radical (unpaired) electrons. The summed E-state index contributed by atoms with van der Waals surface area (Å²) in [4.78, 5) is 31.9. The van der Waals surface area contributed by atoms with E-state index in [2.05, 4.69) is 32.2 Å². The van der Waals surface area contributed by atoms with Crippen LogP contribution in [0.25, 0.3) is 11.0 Å². The number of anilines is 1. The lowest BCUT2D eigenvalue weighted by Gasteiger charge is -2.37. The Balaban J connectivity index is 1.40. The van der Waals surface area contributed by atoms with Gasteiger partial charge in [0.15, 0.2) is 0 Å². The monoisotopic (exact) mass is 549 g/mol. The molecule has 8 nitrogen and oxygen atoms in total. The van der Waals surface area contributed by atoms with Gasteiger partial charge < -0.3 is 15.0 Å². The average Bonchev–Trinajstić information content (AvgIpc) is 3.25. The van der Waals surface area contributed by atoms with E-state index in [1.54, 1.807) is 13.0 Å². The largest absolute Gasteiger partial charge is 0.390 e. The topological polar surface area (TPSA) is 99.5 Å². The quantitative estimate of drug-likeness (QED) is 0.384. The lowest BCUT2D eigenvalue weighted by molar-refractivity contribution is -0.119. The summed E-state index contributed by atoms with van der Waals surface area (Å²) < 4.78 is 15.9. The number of benzene rings is 2. The van der Waals surface area contributed by atoms with Crippen molar-refractivity contribution in [3.05, 3.63) is 59.4 Å². The van der Waals surface area contributed by atoms with E-state index in [4.69, 9.17) is 4.98 Å². The minimum absolute atomic E-state index is 0.0178. The summed E-state index contributed by atoms with van der Waals surface area (Å²) >= 11 is 0. The molecule has 2 heterocycles. The van der Waals surface area contributed by atoms with Crippen molar-refractivity contribution in [3.63, 3.8) is 0 Å². The third-order valence-electron chi connectivity index (χ3n) is 8.53. The van der Waals surface area contributed by atoms with Crippen LogP contribution in [0, 0.1) is 11.7 Å². The van der Waals surface area contributed by atoms with Crippen molar-refractivity contribution in [1.82, 2.24) is 19.8 Å². The van der Waals surface area contributed by atoms with E-state index in [1.165, 1.54) is 23.8 Å². The zero-order chi connectivity index (χ0) is 28.4. The molecular formula is C31H40FN5O3. The Morgan fingerprint density at radius 2 is 1.77 bits per heavy atom. The number of amides is 2. The van der Waals surface area contributed by atoms with Gasteiger partial charge in [-0.25, -0.2) is 9.37 Å². The number of fused-ring (bicyclic) bond motifs is 1. The van der Waals surface area contributed by atoms with Gasteiger partial charge in [0.2, 0.25) is 11.9 Å². The van der Waals surface area contributed by atoms with E-state index >= 15 is 0 Å². The normalized spacial score (nSPS) is 20.9. The highest BCUT2D eigenvalue weighted by Crippen LogP contribution is 2.35. The van der Waals surface area contributed by atoms with Gasteiger partial charge in [0, 0.05) is 31.1 Å². The highest BCUT2D eigenvalue weighted by atomic mass is 19.1. The van der Waals surface area contributed by atoms with Crippen LogP contribution in [0.3, 0.4) is 0 Å². The van der Waals surface area contributed by atoms with E-state index in [-0.39, 0.29) is 23.6 Å². The maximum absolute atomic E-state index is 13.8. The van der Waals surface area contributed by atoms with Crippen molar-refractivity contribution in [1.29, 1.82) is 0 Å². The first-order valence-electron chi connectivity index (χ1n) is 14.4. The molecule has 1 saturated carbocycles. The number of hydrogen-bond acceptors (Lipinski definition) is 5. The number of rotatable bonds is 7. The molecule has 1 aliphatic carbocycles. The van der Waals surface area contributed by atoms with E-state index < -0.39 is 17.3 Å². The molecule has 0 bridgehead atoms. The van der Waals surface area contributed by atoms with Crippen molar-refractivity contribution in [3.8, 4) is 0 Å². The summed E-state index contributed by atoms with van der Waals surface area (Å²) in [5, 5.41) is 16.4. The van der Waals surface area contributed by atoms with E-state index in [9.17, 15) is 19.1 Å². The van der Waals surface area contributed by atoms with E-state index in [0.29, 0.717) is 11.9 Å². The van der Waals surface area contributed by atoms with Gasteiger partial charge in [-0.05, 0) is 107 Å². The fourth-order valence-corrected chi connectivity index (χ4v) is 6.32. The molecule has 1 aliphatic heterocycles. The number of aliphatic hydroxyl groups is 1. The van der Waals surface area contributed by atoms with Crippen LogP contribution in [0.4, 0.5) is 10.3 Å². The van der Waals surface area contributed by atoms with Crippen LogP contribution in [-0.2, 0) is 11.3 Å². The molecule has 2 fully saturated rings. The molecule has 40 heavy (non-hydrogen) atoms. The van der Waals surface area contributed by atoms with Crippen molar-refractivity contribution in [2.45, 2.75) is 83.5 Å². The average molecular weight is 550 g/mol. The first-order chi connectivity index (χ1) is 19.1. The number of halogens is 1. The van der Waals surface area contributed by atoms with Gasteiger partial charge in [0.05, 0.1) is 16.6 Å². The summed E-state index contributed by atoms with van der Waals surface area (Å²) in [6, 6.07) is 12.2. The molecule has 0 unspecified atom stereocenters. The highest BCUT2D eigenvalue weighted by molar-refractivity contribution is 6.04. The highest BCUT2D eigenvalue weighted by Gasteiger charge is 2.31. The van der Waals surface area contributed by atoms with Gasteiger partial charge in [0.1, 0.15) is 5.82 Å². The van der Waals surface area contributed by atoms with Crippen LogP contribution in [-0.4, -0.2) is 56.1 Å². The Kier molecular flexibility index (Phi) is 8.24. The molecule has 1 aromatic heterocycles. The summed E-state index contributed by atoms with van der Waals surface area (Å²) in [6.45, 7) is 8.03. The lowest BCUT2D eigenvalue weighted by atomic mass is 9.83. The minimum atomic E-state index is -0.650. The smallest absolute Gasteiger partial charge is 0.258 e. The number of carbonyl (C=O) groups is 2. The van der Waals surface area contributed by atoms with Gasteiger partial charge in [-0.3, -0.25) is 19.8 Å². The van der Waals surface area contributed by atoms with Gasteiger partial charge in [-0.15, -0.1) is 0 Å². The van der Waals surface area contributed by atoms with Crippen molar-refractivity contribution in [2.24, 2.45) is 5.92 Å². The summed E-state index contributed by atoms with van der Waals surface area (Å²) in [7, 11) is 0. The predicted molar refractivity (Wildman–Crippen MR) is 153 cm³/mol. The second kappa shape index (κ2) is 11.7. The Hall–Kier alpha value is -3.30. The number of nitrogens with zero attached hydrogens (tertiary/aromatic N) is 3. The van der Waals surface area contributed by atoms with Crippen molar-refractivity contribution < 1.29 is 19.1 Å². The number of aromatic nitrogens is 2. The van der Waals surface area contributed by atoms with Crippen LogP contribution in [0.5, 0.6) is 0 Å². The number of likely N-dealkylation sites (tertiary alicyclic amines) is 1. The molecule has 0 spiro atoms. The van der Waals surface area contributed by atoms with Crippen LogP contribution in [0.15, 0.2) is 42.5 Å². The maximum Gasteiger partial charge on any atom is 0.258 e. The first kappa shape index (κ1) is 28.2. The Morgan fingerprint density at radius 3 is 2.42 bits per heavy atom. The summed E-state index contributed by atoms with van der Waals surface area (Å²) in [5.74, 6) is -0.123.